The third-order valence-corrected chi connectivity index (χ3v) is 2.34. The molecule has 0 radical (unpaired) electrons. The molecule has 1 rings (SSSR count). The summed E-state index contributed by atoms with van der Waals surface area (Å²) in [5.41, 5.74) is -1.65. The number of carbonyl (C=O) groups excluding carboxylic acids is 1. The van der Waals surface area contributed by atoms with E-state index in [1.165, 1.54) is 22.6 Å². The largest absolute Gasteiger partial charge is 0.301 e. The van der Waals surface area contributed by atoms with Crippen molar-refractivity contribution in [3.05, 3.63) is 31.1 Å². The van der Waals surface area contributed by atoms with Gasteiger partial charge in [-0.25, -0.2) is 13.8 Å². The summed E-state index contributed by atoms with van der Waals surface area (Å²) in [6.07, 6.45) is -2.81. The fourth-order valence-electron chi connectivity index (χ4n) is 0.906. The van der Waals surface area contributed by atoms with E-state index in [0.717, 1.165) is 6.07 Å². The molecule has 0 saturated carbocycles. The Morgan fingerprint density at radius 3 is 2.60 bits per heavy atom. The lowest BCUT2D eigenvalue weighted by molar-refractivity contribution is -0.386. The Balaban J connectivity index is 3.42. The number of carbonyl (C=O) groups is 1. The van der Waals surface area contributed by atoms with Crippen LogP contribution in [0.2, 0.25) is 0 Å². The number of hydrogen-bond donors (Lipinski definition) is 0. The lowest BCUT2D eigenvalue weighted by Gasteiger charge is -2.03. The van der Waals surface area contributed by atoms with E-state index in [2.05, 4.69) is 4.98 Å². The van der Waals surface area contributed by atoms with Crippen LogP contribution >= 0.6 is 22.6 Å². The van der Waals surface area contributed by atoms with Crippen molar-refractivity contribution in [1.29, 1.82) is 0 Å². The average molecular weight is 328 g/mol. The first-order valence-corrected chi connectivity index (χ1v) is 4.63. The van der Waals surface area contributed by atoms with Crippen molar-refractivity contribution < 1.29 is 18.5 Å². The predicted octanol–water partition coefficient (Wildman–Crippen LogP) is 2.34. The molecule has 5 nitrogen and oxygen atoms in total. The zero-order valence-corrected chi connectivity index (χ0v) is 9.14. The molecule has 8 heteroatoms. The summed E-state index contributed by atoms with van der Waals surface area (Å²) in [7, 11) is 0. The summed E-state index contributed by atoms with van der Waals surface area (Å²) in [4.78, 5) is 23.4. The second kappa shape index (κ2) is 4.55. The highest BCUT2D eigenvalue weighted by Gasteiger charge is 2.22. The van der Waals surface area contributed by atoms with Gasteiger partial charge in [0, 0.05) is 11.6 Å². The van der Waals surface area contributed by atoms with E-state index < -0.39 is 28.3 Å². The van der Waals surface area contributed by atoms with Crippen molar-refractivity contribution in [2.24, 2.45) is 0 Å². The van der Waals surface area contributed by atoms with E-state index in [9.17, 15) is 23.7 Å². The molecule has 0 amide bonds. The van der Waals surface area contributed by atoms with Crippen molar-refractivity contribution in [3.63, 3.8) is 0 Å². The van der Waals surface area contributed by atoms with Crippen molar-refractivity contribution in [1.82, 2.24) is 4.98 Å². The van der Waals surface area contributed by atoms with Crippen LogP contribution in [-0.4, -0.2) is 16.2 Å². The van der Waals surface area contributed by atoms with Gasteiger partial charge in [0.2, 0.25) is 0 Å². The van der Waals surface area contributed by atoms with E-state index in [4.69, 9.17) is 0 Å². The molecule has 0 atom stereocenters. The minimum Gasteiger partial charge on any atom is -0.298 e. The minimum absolute atomic E-state index is 0.123. The second-order valence-corrected chi connectivity index (χ2v) is 3.47. The van der Waals surface area contributed by atoms with E-state index in [-0.39, 0.29) is 9.99 Å². The third kappa shape index (κ3) is 2.43. The fourth-order valence-corrected chi connectivity index (χ4v) is 1.52. The molecule has 80 valence electrons. The normalized spacial score (nSPS) is 10.4. The summed E-state index contributed by atoms with van der Waals surface area (Å²) >= 11 is 1.47. The second-order valence-electron chi connectivity index (χ2n) is 2.45. The molecule has 0 unspecified atom stereocenters. The molecule has 0 aromatic carbocycles. The molecule has 0 aliphatic carbocycles. The quantitative estimate of drug-likeness (QED) is 0.281. The van der Waals surface area contributed by atoms with E-state index in [0.29, 0.717) is 0 Å². The summed E-state index contributed by atoms with van der Waals surface area (Å²) in [5, 5.41) is 10.4. The maximum Gasteiger partial charge on any atom is 0.301 e. The molecule has 0 bridgehead atoms. The monoisotopic (exact) mass is 328 g/mol. The van der Waals surface area contributed by atoms with Gasteiger partial charge in [0.05, 0.1) is 4.92 Å². The standard InChI is InChI=1S/C7H3F2IN2O3/c8-6(9)5-3(2-13)1-4(12(14)15)7(10)11-5/h1-2,6H. The van der Waals surface area contributed by atoms with Gasteiger partial charge >= 0.3 is 5.69 Å². The number of aromatic nitrogens is 1. The van der Waals surface area contributed by atoms with Gasteiger partial charge in [-0.2, -0.15) is 0 Å². The maximum atomic E-state index is 12.3. The number of nitrogens with zero attached hydrogens (tertiary/aromatic N) is 2. The number of hydrogen-bond acceptors (Lipinski definition) is 4. The first-order valence-electron chi connectivity index (χ1n) is 3.55. The zero-order valence-electron chi connectivity index (χ0n) is 6.99. The van der Waals surface area contributed by atoms with Gasteiger partial charge in [0.15, 0.2) is 9.99 Å². The third-order valence-electron chi connectivity index (χ3n) is 1.55. The van der Waals surface area contributed by atoms with Crippen molar-refractivity contribution in [2.75, 3.05) is 0 Å². The molecule has 0 aliphatic rings. The SMILES string of the molecule is O=Cc1cc([N+](=O)[O-])c(I)nc1C(F)F. The lowest BCUT2D eigenvalue weighted by atomic mass is 10.2. The Bertz CT molecular complexity index is 425. The van der Waals surface area contributed by atoms with Crippen LogP contribution in [0.4, 0.5) is 14.5 Å². The maximum absolute atomic E-state index is 12.3. The molecule has 0 N–H and O–H groups in total. The first-order chi connectivity index (χ1) is 6.97. The van der Waals surface area contributed by atoms with Crippen LogP contribution in [0.25, 0.3) is 0 Å². The van der Waals surface area contributed by atoms with Crippen LogP contribution in [0.15, 0.2) is 6.07 Å². The summed E-state index contributed by atoms with van der Waals surface area (Å²) in [6, 6.07) is 0.795. The molecule has 1 aromatic heterocycles. The van der Waals surface area contributed by atoms with Crippen LogP contribution in [0.3, 0.4) is 0 Å². The fraction of sp³-hybridized carbons (Fsp3) is 0.143. The molecule has 0 saturated heterocycles. The van der Waals surface area contributed by atoms with Crippen LogP contribution in [0.5, 0.6) is 0 Å². The van der Waals surface area contributed by atoms with Crippen molar-refractivity contribution >= 4 is 34.6 Å². The smallest absolute Gasteiger partial charge is 0.298 e. The average Bonchev–Trinajstić information content (AvgIpc) is 2.16. The number of rotatable bonds is 3. The predicted molar refractivity (Wildman–Crippen MR) is 54.0 cm³/mol. The molecule has 0 fully saturated rings. The van der Waals surface area contributed by atoms with Crippen LogP contribution in [0, 0.1) is 13.8 Å². The summed E-state index contributed by atoms with van der Waals surface area (Å²) in [6.45, 7) is 0. The molecule has 1 aromatic rings. The van der Waals surface area contributed by atoms with Crippen molar-refractivity contribution in [3.8, 4) is 0 Å². The van der Waals surface area contributed by atoms with Crippen LogP contribution in [-0.2, 0) is 0 Å². The van der Waals surface area contributed by atoms with Gasteiger partial charge in [-0.1, -0.05) is 0 Å². The molecular weight excluding hydrogens is 325 g/mol. The van der Waals surface area contributed by atoms with Crippen LogP contribution < -0.4 is 0 Å². The Hall–Kier alpha value is -1.19. The highest BCUT2D eigenvalue weighted by atomic mass is 127. The Morgan fingerprint density at radius 2 is 2.20 bits per heavy atom. The number of alkyl halides is 2. The van der Waals surface area contributed by atoms with E-state index in [1.807, 2.05) is 0 Å². The molecule has 1 heterocycles. The number of halogens is 3. The molecular formula is C7H3F2IN2O3. The summed E-state index contributed by atoms with van der Waals surface area (Å²) < 4.78 is 24.5. The Labute approximate surface area is 95.8 Å². The first kappa shape index (κ1) is 11.9. The van der Waals surface area contributed by atoms with Gasteiger partial charge in [-0.05, 0) is 22.6 Å². The van der Waals surface area contributed by atoms with Crippen molar-refractivity contribution in [2.45, 2.75) is 6.43 Å². The Kier molecular flexibility index (Phi) is 3.61. The van der Waals surface area contributed by atoms with Gasteiger partial charge in [0.1, 0.15) is 5.69 Å². The van der Waals surface area contributed by atoms with Gasteiger partial charge in [-0.3, -0.25) is 14.9 Å². The van der Waals surface area contributed by atoms with Crippen LogP contribution in [0.1, 0.15) is 22.5 Å². The number of pyridine rings is 1. The number of nitro groups is 1. The number of aldehydes is 1. The topological polar surface area (TPSA) is 73.1 Å². The molecule has 15 heavy (non-hydrogen) atoms. The Morgan fingerprint density at radius 1 is 1.60 bits per heavy atom. The zero-order chi connectivity index (χ0) is 11.6. The molecule has 0 spiro atoms. The van der Waals surface area contributed by atoms with Gasteiger partial charge in [0.25, 0.3) is 6.43 Å². The molecule has 0 aliphatic heterocycles. The van der Waals surface area contributed by atoms with Gasteiger partial charge in [-0.15, -0.1) is 0 Å². The van der Waals surface area contributed by atoms with Gasteiger partial charge < -0.3 is 0 Å². The highest BCUT2D eigenvalue weighted by Crippen LogP contribution is 2.26. The summed E-state index contributed by atoms with van der Waals surface area (Å²) in [5.74, 6) is 0. The minimum atomic E-state index is -2.93. The highest BCUT2D eigenvalue weighted by molar-refractivity contribution is 14.1. The van der Waals surface area contributed by atoms with E-state index >= 15 is 0 Å². The van der Waals surface area contributed by atoms with E-state index in [1.54, 1.807) is 0 Å². The lowest BCUT2D eigenvalue weighted by Crippen LogP contribution is -2.03.